The molecule has 2 heteroatoms. The van der Waals surface area contributed by atoms with Gasteiger partial charge < -0.3 is 9.84 Å². The molecule has 3 aromatic carbocycles. The van der Waals surface area contributed by atoms with E-state index in [1.807, 2.05) is 48.5 Å². The summed E-state index contributed by atoms with van der Waals surface area (Å²) >= 11 is 0. The summed E-state index contributed by atoms with van der Waals surface area (Å²) in [6.07, 6.45) is 0.753. The van der Waals surface area contributed by atoms with Crippen LogP contribution in [0.5, 0.6) is 5.75 Å². The van der Waals surface area contributed by atoms with Crippen LogP contribution in [0.1, 0.15) is 42.2 Å². The molecule has 0 radical (unpaired) electrons. The summed E-state index contributed by atoms with van der Waals surface area (Å²) in [7, 11) is 0. The standard InChI is InChI=1S/C24H26O2/c1-18(2)15-22-16-19(17-25)13-14-23(22)26-24(20-9-5-3-6-10-20)21-11-7-4-8-12-21/h3-14,16,18,24-25H,15,17H2,1-2H3. The topological polar surface area (TPSA) is 29.5 Å². The summed E-state index contributed by atoms with van der Waals surface area (Å²) in [6.45, 7) is 4.44. The molecule has 2 nitrogen and oxygen atoms in total. The maximum absolute atomic E-state index is 9.48. The maximum atomic E-state index is 9.48. The number of hydrogen-bond donors (Lipinski definition) is 1. The highest BCUT2D eigenvalue weighted by atomic mass is 16.5. The van der Waals surface area contributed by atoms with Gasteiger partial charge in [0.15, 0.2) is 0 Å². The molecule has 0 heterocycles. The smallest absolute Gasteiger partial charge is 0.149 e. The van der Waals surface area contributed by atoms with Gasteiger partial charge in [0.2, 0.25) is 0 Å². The van der Waals surface area contributed by atoms with Crippen molar-refractivity contribution in [2.75, 3.05) is 0 Å². The fourth-order valence-corrected chi connectivity index (χ4v) is 3.16. The van der Waals surface area contributed by atoms with Crippen molar-refractivity contribution < 1.29 is 9.84 Å². The molecule has 0 fully saturated rings. The summed E-state index contributed by atoms with van der Waals surface area (Å²) in [5, 5.41) is 9.48. The minimum atomic E-state index is -0.164. The molecule has 1 N–H and O–H groups in total. The number of hydrogen-bond acceptors (Lipinski definition) is 2. The van der Waals surface area contributed by atoms with E-state index in [1.54, 1.807) is 0 Å². The summed E-state index contributed by atoms with van der Waals surface area (Å²) in [5.74, 6) is 1.40. The van der Waals surface area contributed by atoms with Crippen molar-refractivity contribution in [3.63, 3.8) is 0 Å². The Labute approximate surface area is 156 Å². The number of rotatable bonds is 7. The highest BCUT2D eigenvalue weighted by Gasteiger charge is 2.18. The van der Waals surface area contributed by atoms with Crippen molar-refractivity contribution in [1.29, 1.82) is 0 Å². The highest BCUT2D eigenvalue weighted by molar-refractivity contribution is 5.40. The van der Waals surface area contributed by atoms with Gasteiger partial charge in [0.05, 0.1) is 6.61 Å². The summed E-state index contributed by atoms with van der Waals surface area (Å²) in [4.78, 5) is 0. The van der Waals surface area contributed by atoms with Gasteiger partial charge in [-0.15, -0.1) is 0 Å². The number of benzene rings is 3. The first-order valence-electron chi connectivity index (χ1n) is 9.16. The van der Waals surface area contributed by atoms with Gasteiger partial charge >= 0.3 is 0 Å². The number of ether oxygens (including phenoxy) is 1. The van der Waals surface area contributed by atoms with E-state index in [0.717, 1.165) is 34.4 Å². The number of aliphatic hydroxyl groups is 1. The van der Waals surface area contributed by atoms with Gasteiger partial charge in [-0.3, -0.25) is 0 Å². The van der Waals surface area contributed by atoms with Gasteiger partial charge in [-0.25, -0.2) is 0 Å². The van der Waals surface area contributed by atoms with E-state index >= 15 is 0 Å². The molecule has 0 aliphatic carbocycles. The Balaban J connectivity index is 1.99. The van der Waals surface area contributed by atoms with E-state index in [-0.39, 0.29) is 12.7 Å². The Morgan fingerprint density at radius 2 is 1.38 bits per heavy atom. The second-order valence-electron chi connectivity index (χ2n) is 7.02. The third kappa shape index (κ3) is 4.53. The predicted octanol–water partition coefficient (Wildman–Crippen LogP) is 5.55. The average Bonchev–Trinajstić information content (AvgIpc) is 2.68. The third-order valence-corrected chi connectivity index (χ3v) is 4.39. The Bertz CT molecular complexity index is 771. The minimum absolute atomic E-state index is 0.0478. The van der Waals surface area contributed by atoms with Crippen LogP contribution >= 0.6 is 0 Å². The fraction of sp³-hybridized carbons (Fsp3) is 0.250. The quantitative estimate of drug-likeness (QED) is 0.608. The van der Waals surface area contributed by atoms with Gasteiger partial charge in [0.1, 0.15) is 11.9 Å². The van der Waals surface area contributed by atoms with Gasteiger partial charge in [-0.05, 0) is 46.7 Å². The van der Waals surface area contributed by atoms with E-state index in [2.05, 4.69) is 44.2 Å². The lowest BCUT2D eigenvalue weighted by Gasteiger charge is -2.23. The molecule has 0 aliphatic heterocycles. The normalized spacial score (nSPS) is 11.1. The molecule has 0 unspecified atom stereocenters. The average molecular weight is 346 g/mol. The van der Waals surface area contributed by atoms with Gasteiger partial charge in [0, 0.05) is 0 Å². The van der Waals surface area contributed by atoms with E-state index in [4.69, 9.17) is 4.74 Å². The van der Waals surface area contributed by atoms with Crippen molar-refractivity contribution in [3.8, 4) is 5.75 Å². The van der Waals surface area contributed by atoms with E-state index < -0.39 is 0 Å². The lowest BCUT2D eigenvalue weighted by Crippen LogP contribution is -2.11. The summed E-state index contributed by atoms with van der Waals surface area (Å²) in [5.41, 5.74) is 4.31. The van der Waals surface area contributed by atoms with Gasteiger partial charge in [0.25, 0.3) is 0 Å². The molecule has 0 amide bonds. The molecule has 0 atom stereocenters. The second-order valence-corrected chi connectivity index (χ2v) is 7.02. The fourth-order valence-electron chi connectivity index (χ4n) is 3.16. The first-order valence-corrected chi connectivity index (χ1v) is 9.16. The molecule has 0 aliphatic rings. The van der Waals surface area contributed by atoms with Crippen molar-refractivity contribution >= 4 is 0 Å². The molecule has 134 valence electrons. The van der Waals surface area contributed by atoms with Gasteiger partial charge in [-0.2, -0.15) is 0 Å². The van der Waals surface area contributed by atoms with Crippen LogP contribution in [0.25, 0.3) is 0 Å². The van der Waals surface area contributed by atoms with Crippen molar-refractivity contribution in [2.24, 2.45) is 5.92 Å². The van der Waals surface area contributed by atoms with Crippen molar-refractivity contribution in [2.45, 2.75) is 33.0 Å². The molecule has 0 aromatic heterocycles. The zero-order valence-electron chi connectivity index (χ0n) is 15.4. The van der Waals surface area contributed by atoms with E-state index in [1.165, 1.54) is 0 Å². The molecule has 3 rings (SSSR count). The molecule has 0 saturated heterocycles. The van der Waals surface area contributed by atoms with E-state index in [9.17, 15) is 5.11 Å². The predicted molar refractivity (Wildman–Crippen MR) is 106 cm³/mol. The van der Waals surface area contributed by atoms with Crippen LogP contribution in [0, 0.1) is 5.92 Å². The number of aliphatic hydroxyl groups excluding tert-OH is 1. The molecular formula is C24H26O2. The SMILES string of the molecule is CC(C)Cc1cc(CO)ccc1OC(c1ccccc1)c1ccccc1. The third-order valence-electron chi connectivity index (χ3n) is 4.39. The minimum Gasteiger partial charge on any atom is -0.481 e. The molecule has 0 spiro atoms. The van der Waals surface area contributed by atoms with Crippen LogP contribution in [-0.2, 0) is 13.0 Å². The Kier molecular flexibility index (Phi) is 6.08. The van der Waals surface area contributed by atoms with Crippen LogP contribution in [0.3, 0.4) is 0 Å². The highest BCUT2D eigenvalue weighted by Crippen LogP contribution is 2.32. The van der Waals surface area contributed by atoms with Crippen molar-refractivity contribution in [1.82, 2.24) is 0 Å². The molecule has 3 aromatic rings. The van der Waals surface area contributed by atoms with Crippen LogP contribution in [0.15, 0.2) is 78.9 Å². The molecule has 0 bridgehead atoms. The zero-order valence-corrected chi connectivity index (χ0v) is 15.4. The Hall–Kier alpha value is -2.58. The summed E-state index contributed by atoms with van der Waals surface area (Å²) in [6, 6.07) is 26.6. The molecular weight excluding hydrogens is 320 g/mol. The molecule has 0 saturated carbocycles. The largest absolute Gasteiger partial charge is 0.481 e. The monoisotopic (exact) mass is 346 g/mol. The maximum Gasteiger partial charge on any atom is 0.149 e. The second kappa shape index (κ2) is 8.68. The first-order chi connectivity index (χ1) is 12.7. The van der Waals surface area contributed by atoms with Gasteiger partial charge in [-0.1, -0.05) is 80.6 Å². The van der Waals surface area contributed by atoms with Crippen LogP contribution in [0.4, 0.5) is 0 Å². The Morgan fingerprint density at radius 1 is 0.808 bits per heavy atom. The Morgan fingerprint density at radius 3 is 1.88 bits per heavy atom. The van der Waals surface area contributed by atoms with Crippen LogP contribution in [0.2, 0.25) is 0 Å². The first kappa shape index (κ1) is 18.2. The van der Waals surface area contributed by atoms with Crippen LogP contribution < -0.4 is 4.74 Å². The summed E-state index contributed by atoms with van der Waals surface area (Å²) < 4.78 is 6.54. The van der Waals surface area contributed by atoms with E-state index in [0.29, 0.717) is 5.92 Å². The van der Waals surface area contributed by atoms with Crippen LogP contribution in [-0.4, -0.2) is 5.11 Å². The zero-order chi connectivity index (χ0) is 18.4. The van der Waals surface area contributed by atoms with Crippen molar-refractivity contribution in [3.05, 3.63) is 101 Å². The lowest BCUT2D eigenvalue weighted by molar-refractivity contribution is 0.243. The lowest BCUT2D eigenvalue weighted by atomic mass is 9.98. The molecule has 26 heavy (non-hydrogen) atoms.